The zero-order valence-electron chi connectivity index (χ0n) is 50.1. The molecule has 6 aromatic rings. The number of nitrogens with zero attached hydrogens (tertiary/aromatic N) is 3. The monoisotopic (exact) mass is 1370 g/mol. The van der Waals surface area contributed by atoms with Gasteiger partial charge in [0.2, 0.25) is 0 Å². The van der Waals surface area contributed by atoms with E-state index >= 15 is 0 Å². The van der Waals surface area contributed by atoms with Crippen molar-refractivity contribution in [2.24, 2.45) is 45.5 Å². The van der Waals surface area contributed by atoms with E-state index in [0.717, 1.165) is 74.0 Å². The highest BCUT2D eigenvalue weighted by atomic mass is 79.9. The number of carbonyl (C=O) groups excluding carboxylic acids is 3. The summed E-state index contributed by atoms with van der Waals surface area (Å²) in [5.41, 5.74) is 3.86. The number of hydrogen-bond donors (Lipinski definition) is 2. The molecule has 0 spiro atoms. The minimum atomic E-state index is -0.971. The number of carboxylic acid groups (broad SMARTS) is 1. The summed E-state index contributed by atoms with van der Waals surface area (Å²) >= 11 is 0. The molecule has 14 nitrogen and oxygen atoms in total. The van der Waals surface area contributed by atoms with Crippen molar-refractivity contribution in [3.8, 4) is 11.5 Å². The number of hydrogen-bond acceptors (Lipinski definition) is 13. The van der Waals surface area contributed by atoms with Crippen molar-refractivity contribution in [1.29, 1.82) is 0 Å². The Bertz CT molecular complexity index is 3190. The van der Waals surface area contributed by atoms with Crippen molar-refractivity contribution in [3.05, 3.63) is 168 Å². The third-order valence-corrected chi connectivity index (χ3v) is 20.6. The fourth-order valence-electron chi connectivity index (χ4n) is 12.6. The van der Waals surface area contributed by atoms with Crippen LogP contribution < -0.4 is 43.4 Å². The number of aryl methyl sites for hydroxylation is 4. The van der Waals surface area contributed by atoms with E-state index in [1.165, 1.54) is 29.4 Å². The molecule has 2 N–H and O–H groups in total. The number of halogens is 3. The van der Waals surface area contributed by atoms with Gasteiger partial charge in [-0.2, -0.15) is 0 Å². The molecule has 2 saturated heterocycles. The number of rotatable bonds is 18. The Kier molecular flexibility index (Phi) is 26.6. The number of aliphatic carboxylic acids is 1. The molecule has 6 fully saturated rings. The first-order valence-corrected chi connectivity index (χ1v) is 31.4. The Morgan fingerprint density at radius 2 is 1.00 bits per heavy atom. The van der Waals surface area contributed by atoms with Crippen LogP contribution in [0.1, 0.15) is 61.3 Å². The first kappa shape index (κ1) is 70.1. The highest BCUT2D eigenvalue weighted by Gasteiger charge is 2.63. The summed E-state index contributed by atoms with van der Waals surface area (Å²) in [5.74, 6) is 1.05. The van der Waals surface area contributed by atoms with Crippen LogP contribution in [0.3, 0.4) is 0 Å². The van der Waals surface area contributed by atoms with Gasteiger partial charge in [0.25, 0.3) is 0 Å². The summed E-state index contributed by atoms with van der Waals surface area (Å²) in [7, 11) is 3.64. The quantitative estimate of drug-likeness (QED) is 0.0357. The van der Waals surface area contributed by atoms with Crippen LogP contribution in [0.15, 0.2) is 185 Å². The molecule has 19 heteroatoms. The van der Waals surface area contributed by atoms with Gasteiger partial charge in [-0.25, -0.2) is 19.6 Å². The molecule has 2 heterocycles. The molecule has 4 saturated carbocycles. The van der Waals surface area contributed by atoms with E-state index in [4.69, 9.17) is 28.8 Å². The Balaban J connectivity index is 0.000000206. The van der Waals surface area contributed by atoms with E-state index in [1.54, 1.807) is 0 Å². The normalized spacial score (nSPS) is 22.5. The number of ether oxygens (including phenoxy) is 5. The number of aliphatic hydroxyl groups is 1. The number of benzene rings is 6. The van der Waals surface area contributed by atoms with Gasteiger partial charge >= 0.3 is 23.9 Å². The third kappa shape index (κ3) is 17.3. The van der Waals surface area contributed by atoms with Crippen molar-refractivity contribution in [3.63, 3.8) is 0 Å². The van der Waals surface area contributed by atoms with Crippen LogP contribution >= 0.6 is 12.4 Å². The summed E-state index contributed by atoms with van der Waals surface area (Å²) in [6.07, 6.45) is 3.50. The molecule has 0 radical (unpaired) electrons. The molecular formula is C68H78Br2ClN3O11S2. The molecule has 0 amide bonds. The number of fused-ring (bicyclic) bond motifs is 2. The number of esters is 3. The summed E-state index contributed by atoms with van der Waals surface area (Å²) in [6.45, 7) is 12.1. The van der Waals surface area contributed by atoms with Crippen molar-refractivity contribution < 1.29 is 87.0 Å². The van der Waals surface area contributed by atoms with Crippen LogP contribution in [0.4, 0.5) is 0 Å². The van der Waals surface area contributed by atoms with Crippen LogP contribution in [-0.4, -0.2) is 116 Å². The third-order valence-electron chi connectivity index (χ3n) is 16.2. The standard InChI is InChI=1S/C30H29O5S.C22H20O3S.C8H17N3.C8H10O3.2BrH.ClH/c1-18-13-23(36(21-9-5-3-6-10-21)22-11-7-4-8-12-22)14-19(2)27(18)33-17-26(31)34-28-20-15-24-25(16-20)30(32)35-29(24)28;1-16-13-20(14-17(2)22(16)25-15-21(23)24)26(18-9-5-3-6-10-18)19-11-7-4-8-12-19;1-4-9-8-10-6-5-7-11(2)3;9-6-3-1-4-5(2-3)8(10)11-7(4)6;;;/h3-14,20,24-25,28-29H,15-17H2,1-2H3;3-14H,15H2,1-2H3;4-7H2,1-3H3;3-7,9H,1-2H2;3*1H/q+1;;;;;;/p-1. The van der Waals surface area contributed by atoms with E-state index < -0.39 is 11.9 Å². The predicted octanol–water partition coefficient (Wildman–Crippen LogP) is 5.62. The Morgan fingerprint density at radius 1 is 0.598 bits per heavy atom. The van der Waals surface area contributed by atoms with Crippen molar-refractivity contribution in [2.45, 2.75) is 121 Å². The molecule has 4 bridgehead atoms. The lowest BCUT2D eigenvalue weighted by molar-refractivity contribution is -0.163. The van der Waals surface area contributed by atoms with Gasteiger partial charge < -0.3 is 72.8 Å². The van der Waals surface area contributed by atoms with Crippen LogP contribution in [0.25, 0.3) is 0 Å². The molecular weight excluding hydrogens is 1290 g/mol. The van der Waals surface area contributed by atoms with Crippen molar-refractivity contribution >= 4 is 64.1 Å². The molecule has 10 unspecified atom stereocenters. The van der Waals surface area contributed by atoms with Gasteiger partial charge in [-0.1, -0.05) is 72.8 Å². The number of aliphatic hydroxyl groups excluding tert-OH is 1. The van der Waals surface area contributed by atoms with E-state index in [1.807, 2.05) is 58.9 Å². The Labute approximate surface area is 544 Å². The molecule has 10 atom stereocenters. The minimum absolute atomic E-state index is 0. The molecule has 0 aromatic heterocycles. The largest absolute Gasteiger partial charge is 1.00 e. The van der Waals surface area contributed by atoms with E-state index in [9.17, 15) is 24.3 Å². The van der Waals surface area contributed by atoms with Gasteiger partial charge in [0.05, 0.1) is 52.3 Å². The fourth-order valence-corrected chi connectivity index (χ4v) is 17.2. The topological polar surface area (TPSA) is 183 Å². The van der Waals surface area contributed by atoms with E-state index in [0.29, 0.717) is 23.3 Å². The first-order valence-electron chi connectivity index (χ1n) is 29.0. The van der Waals surface area contributed by atoms with Gasteiger partial charge in [-0.05, 0) is 164 Å². The van der Waals surface area contributed by atoms with Gasteiger partial charge in [-0.3, -0.25) is 9.59 Å². The Hall–Kier alpha value is -5.95. The Morgan fingerprint density at radius 3 is 1.40 bits per heavy atom. The lowest BCUT2D eigenvalue weighted by Gasteiger charge is -2.25. The van der Waals surface area contributed by atoms with Crippen molar-refractivity contribution in [2.75, 3.05) is 46.9 Å². The zero-order valence-corrected chi connectivity index (χ0v) is 55.7. The molecule has 6 aliphatic rings. The second-order valence-corrected chi connectivity index (χ2v) is 26.5. The van der Waals surface area contributed by atoms with Crippen molar-refractivity contribution in [1.82, 2.24) is 4.90 Å². The average Bonchev–Trinajstić information content (AvgIpc) is 1.67. The SMILES string of the molecule is CCN=C=NCCCN(C)C.Cc1cc([S+](c2ccccc2)c2ccccc2)cc(C)c1OCC(=O)O.Cc1cc([S+](c2ccccc2)c2ccccc2)cc(C)c1OCC(=O)OC1C2CC3C(=O)OC1C3C2.Cl.O=C1OC2C(O)C3CC1C2C3.[Br-].[Br-]. The van der Waals surface area contributed by atoms with Crippen LogP contribution in [-0.2, 0) is 55.2 Å². The lowest BCUT2D eigenvalue weighted by atomic mass is 9.88. The second-order valence-electron chi connectivity index (χ2n) is 22.5. The zero-order chi connectivity index (χ0) is 59.4. The van der Waals surface area contributed by atoms with Gasteiger partial charge in [0.1, 0.15) is 29.8 Å². The van der Waals surface area contributed by atoms with Crippen LogP contribution in [0.5, 0.6) is 11.5 Å². The van der Waals surface area contributed by atoms with Crippen LogP contribution in [0, 0.1) is 63.2 Å². The number of aliphatic imine (C=N–C) groups is 2. The maximum Gasteiger partial charge on any atom is 0.344 e. The second kappa shape index (κ2) is 33.0. The molecule has 2 aliphatic heterocycles. The number of carbonyl (C=O) groups is 4. The summed E-state index contributed by atoms with van der Waals surface area (Å²) in [5, 5.41) is 18.4. The molecule has 87 heavy (non-hydrogen) atoms. The van der Waals surface area contributed by atoms with Gasteiger partial charge in [0, 0.05) is 48.6 Å². The summed E-state index contributed by atoms with van der Waals surface area (Å²) in [4.78, 5) is 64.0. The fraction of sp³-hybridized carbons (Fsp3) is 0.397. The number of carboxylic acids is 1. The molecule has 6 aromatic carbocycles. The summed E-state index contributed by atoms with van der Waals surface area (Å²) < 4.78 is 27.8. The van der Waals surface area contributed by atoms with Crippen LogP contribution in [0.2, 0.25) is 0 Å². The maximum absolute atomic E-state index is 12.7. The predicted molar refractivity (Wildman–Crippen MR) is 331 cm³/mol. The summed E-state index contributed by atoms with van der Waals surface area (Å²) in [6, 6.07) is 53.1. The van der Waals surface area contributed by atoms with Gasteiger partial charge in [0.15, 0.2) is 42.6 Å². The molecule has 12 rings (SSSR count). The highest BCUT2D eigenvalue weighted by Crippen LogP contribution is 2.56. The molecule has 464 valence electrons. The lowest BCUT2D eigenvalue weighted by Crippen LogP contribution is -3.00. The van der Waals surface area contributed by atoms with E-state index in [-0.39, 0.29) is 141 Å². The highest BCUT2D eigenvalue weighted by molar-refractivity contribution is 7.97. The van der Waals surface area contributed by atoms with Gasteiger partial charge in [-0.15, -0.1) is 12.4 Å². The maximum atomic E-state index is 12.7. The molecule has 4 aliphatic carbocycles. The average molecular weight is 1370 g/mol. The first-order chi connectivity index (χ1) is 40.6. The smallest absolute Gasteiger partial charge is 0.344 e. The minimum Gasteiger partial charge on any atom is -1.00 e. The van der Waals surface area contributed by atoms with E-state index in [2.05, 4.69) is 156 Å².